The summed E-state index contributed by atoms with van der Waals surface area (Å²) in [5.41, 5.74) is -1.41. The second kappa shape index (κ2) is 10.4. The fraction of sp³-hybridized carbons (Fsp3) is 0.379. The van der Waals surface area contributed by atoms with Gasteiger partial charge >= 0.3 is 5.97 Å². The van der Waals surface area contributed by atoms with E-state index in [0.717, 1.165) is 0 Å². The number of terminal acetylenes is 1. The molecule has 10 nitrogen and oxygen atoms in total. The molecule has 4 atom stereocenters. The van der Waals surface area contributed by atoms with Crippen LogP contribution in [-0.2, 0) is 20.3 Å². The van der Waals surface area contributed by atoms with Crippen molar-refractivity contribution in [2.24, 2.45) is 5.92 Å². The van der Waals surface area contributed by atoms with Crippen LogP contribution in [0.3, 0.4) is 0 Å². The van der Waals surface area contributed by atoms with E-state index in [1.807, 2.05) is 0 Å². The largest absolute Gasteiger partial charge is 0.480 e. The first-order valence-electron chi connectivity index (χ1n) is 13.4. The van der Waals surface area contributed by atoms with Crippen molar-refractivity contribution < 1.29 is 40.6 Å². The lowest BCUT2D eigenvalue weighted by Gasteiger charge is -2.36. The minimum absolute atomic E-state index is 0.0302. The summed E-state index contributed by atoms with van der Waals surface area (Å²) in [6, 6.07) is 6.78. The Morgan fingerprint density at radius 1 is 1.30 bits per heavy atom. The van der Waals surface area contributed by atoms with E-state index < -0.39 is 51.8 Å². The van der Waals surface area contributed by atoms with Gasteiger partial charge in [0.05, 0.1) is 23.6 Å². The first-order chi connectivity index (χ1) is 20.4. The molecule has 14 heteroatoms. The molecule has 0 saturated carbocycles. The molecule has 0 aliphatic carbocycles. The van der Waals surface area contributed by atoms with Gasteiger partial charge in [-0.15, -0.1) is 6.42 Å². The molecule has 0 bridgehead atoms. The maximum Gasteiger partial charge on any atom is 0.326 e. The number of carbonyl (C=O) groups is 1. The zero-order chi connectivity index (χ0) is 30.7. The maximum atomic E-state index is 16.6. The molecule has 2 saturated heterocycles. The molecule has 0 amide bonds. The van der Waals surface area contributed by atoms with Gasteiger partial charge < -0.3 is 19.2 Å². The molecule has 224 valence electrons. The van der Waals surface area contributed by atoms with Crippen molar-refractivity contribution in [3.8, 4) is 18.2 Å². The van der Waals surface area contributed by atoms with Crippen LogP contribution in [0.4, 0.5) is 19.0 Å². The minimum atomic E-state index is -3.44. The highest BCUT2D eigenvalue weighted by atomic mass is 32.2. The van der Waals surface area contributed by atoms with Gasteiger partial charge in [0.1, 0.15) is 28.9 Å². The van der Waals surface area contributed by atoms with E-state index in [0.29, 0.717) is 11.0 Å². The van der Waals surface area contributed by atoms with E-state index in [1.54, 1.807) is 24.3 Å². The summed E-state index contributed by atoms with van der Waals surface area (Å²) in [4.78, 5) is 25.9. The molecule has 4 aromatic rings. The van der Waals surface area contributed by atoms with E-state index in [2.05, 4.69) is 20.9 Å². The first kappa shape index (κ1) is 28.7. The van der Waals surface area contributed by atoms with E-state index in [1.165, 1.54) is 24.1 Å². The quantitative estimate of drug-likeness (QED) is 0.311. The summed E-state index contributed by atoms with van der Waals surface area (Å²) in [5.74, 6) is -1.66. The number of hydrogen-bond acceptors (Lipinski definition) is 9. The zero-order valence-corrected chi connectivity index (χ0v) is 23.5. The second-order valence-corrected chi connectivity index (χ2v) is 13.0. The van der Waals surface area contributed by atoms with Crippen LogP contribution < -0.4 is 9.64 Å². The van der Waals surface area contributed by atoms with Gasteiger partial charge in [-0.3, -0.25) is 0 Å². The lowest BCUT2D eigenvalue weighted by Crippen LogP contribution is -2.41. The third kappa shape index (κ3) is 5.01. The number of aromatic nitrogens is 3. The molecule has 3 aromatic heterocycles. The number of halogens is 3. The molecule has 0 radical (unpaired) electrons. The Bertz CT molecular complexity index is 1910. The molecule has 2 aliphatic rings. The number of nitrogens with zero attached hydrogens (tertiary/aromatic N) is 4. The average Bonchev–Trinajstić information content (AvgIpc) is 3.56. The summed E-state index contributed by atoms with van der Waals surface area (Å²) >= 11 is 0. The normalized spacial score (nSPS) is 25.3. The molecule has 1 aromatic carbocycles. The van der Waals surface area contributed by atoms with E-state index >= 15 is 4.39 Å². The standard InChI is InChI=1S/C29H25F3N4O6S/c1-3-16-10-19(29(32)8-9-43(39,40)14-15(29)2)27(33-12-16)41-17-11-20(28(37)38)36(13-17)26-23-22(34-25(35-26)24(30)31)18-6-4-5-7-21(18)42-23/h1,4-7,10,12,15,17,20,24H,8-9,11,13-14H2,2H3,(H,37,38)/t15-,17-,20-,29+/m0/s1. The Kier molecular flexibility index (Phi) is 6.95. The van der Waals surface area contributed by atoms with E-state index in [-0.39, 0.29) is 64.8 Å². The number of rotatable bonds is 6. The third-order valence-electron chi connectivity index (χ3n) is 8.04. The van der Waals surface area contributed by atoms with Crippen LogP contribution in [-0.4, -0.2) is 64.6 Å². The Balaban J connectivity index is 1.40. The minimum Gasteiger partial charge on any atom is -0.480 e. The molecular weight excluding hydrogens is 589 g/mol. The lowest BCUT2D eigenvalue weighted by molar-refractivity contribution is -0.138. The van der Waals surface area contributed by atoms with Crippen molar-refractivity contribution in [1.82, 2.24) is 15.0 Å². The summed E-state index contributed by atoms with van der Waals surface area (Å²) in [6.45, 7) is 1.33. The van der Waals surface area contributed by atoms with Crippen LogP contribution in [0, 0.1) is 18.3 Å². The number of hydrogen-bond donors (Lipinski definition) is 1. The zero-order valence-electron chi connectivity index (χ0n) is 22.7. The van der Waals surface area contributed by atoms with Gasteiger partial charge in [0.25, 0.3) is 6.43 Å². The monoisotopic (exact) mass is 614 g/mol. The van der Waals surface area contributed by atoms with Gasteiger partial charge in [0.15, 0.2) is 27.1 Å². The number of carboxylic acids is 1. The molecular formula is C29H25F3N4O6S. The SMILES string of the molecule is C#Cc1cnc(O[C@H]2C[C@@H](C(=O)O)N(c3nc(C(F)F)nc4c3oc3ccccc34)C2)c([C@@]2(F)CCS(=O)(=O)C[C@@H]2C)c1. The Hall–Kier alpha value is -4.38. The van der Waals surface area contributed by atoms with Crippen LogP contribution in [0.1, 0.15) is 43.1 Å². The smallest absolute Gasteiger partial charge is 0.326 e. The number of para-hydroxylation sites is 1. The summed E-state index contributed by atoms with van der Waals surface area (Å²) in [7, 11) is -3.44. The highest BCUT2D eigenvalue weighted by molar-refractivity contribution is 7.91. The first-order valence-corrected chi connectivity index (χ1v) is 15.2. The number of ether oxygens (including phenoxy) is 1. The summed E-state index contributed by atoms with van der Waals surface area (Å²) in [6.07, 6.45) is 2.41. The second-order valence-electron chi connectivity index (χ2n) is 10.8. The number of sulfone groups is 1. The Morgan fingerprint density at radius 2 is 2.07 bits per heavy atom. The third-order valence-corrected chi connectivity index (χ3v) is 9.87. The average molecular weight is 615 g/mol. The molecule has 0 unspecified atom stereocenters. The highest BCUT2D eigenvalue weighted by Gasteiger charge is 2.48. The molecule has 43 heavy (non-hydrogen) atoms. The van der Waals surface area contributed by atoms with E-state index in [4.69, 9.17) is 15.6 Å². The number of furan rings is 1. The van der Waals surface area contributed by atoms with Gasteiger partial charge in [0, 0.05) is 35.9 Å². The number of pyridine rings is 1. The van der Waals surface area contributed by atoms with Gasteiger partial charge in [-0.1, -0.05) is 25.0 Å². The van der Waals surface area contributed by atoms with Crippen LogP contribution >= 0.6 is 0 Å². The van der Waals surface area contributed by atoms with Crippen molar-refractivity contribution in [3.05, 3.63) is 53.5 Å². The molecule has 1 N–H and O–H groups in total. The predicted molar refractivity (Wildman–Crippen MR) is 149 cm³/mol. The van der Waals surface area contributed by atoms with Crippen LogP contribution in [0.15, 0.2) is 40.9 Å². The van der Waals surface area contributed by atoms with Crippen molar-refractivity contribution in [3.63, 3.8) is 0 Å². The van der Waals surface area contributed by atoms with Crippen molar-refractivity contribution >= 4 is 43.7 Å². The number of carboxylic acid groups (broad SMARTS) is 1. The van der Waals surface area contributed by atoms with Gasteiger partial charge in [-0.05, 0) is 18.2 Å². The van der Waals surface area contributed by atoms with E-state index in [9.17, 15) is 27.1 Å². The molecule has 5 heterocycles. The van der Waals surface area contributed by atoms with Crippen LogP contribution in [0.2, 0.25) is 0 Å². The summed E-state index contributed by atoms with van der Waals surface area (Å²) in [5, 5.41) is 10.6. The Morgan fingerprint density at radius 3 is 2.77 bits per heavy atom. The molecule has 2 fully saturated rings. The highest BCUT2D eigenvalue weighted by Crippen LogP contribution is 2.46. The fourth-order valence-corrected chi connectivity index (χ4v) is 7.66. The van der Waals surface area contributed by atoms with Crippen molar-refractivity contribution in [2.75, 3.05) is 23.0 Å². The number of benzene rings is 1. The number of aliphatic carboxylic acids is 1. The van der Waals surface area contributed by atoms with Gasteiger partial charge in [-0.25, -0.2) is 41.3 Å². The molecule has 6 rings (SSSR count). The van der Waals surface area contributed by atoms with Crippen LogP contribution in [0.25, 0.3) is 22.1 Å². The van der Waals surface area contributed by atoms with Gasteiger partial charge in [-0.2, -0.15) is 0 Å². The predicted octanol–water partition coefficient (Wildman–Crippen LogP) is 4.42. The maximum absolute atomic E-state index is 16.6. The number of fused-ring (bicyclic) bond motifs is 3. The number of anilines is 1. The van der Waals surface area contributed by atoms with Crippen molar-refractivity contribution in [1.29, 1.82) is 0 Å². The Labute approximate surface area is 243 Å². The molecule has 2 aliphatic heterocycles. The molecule has 0 spiro atoms. The van der Waals surface area contributed by atoms with Gasteiger partial charge in [0.2, 0.25) is 5.88 Å². The van der Waals surface area contributed by atoms with Crippen molar-refractivity contribution in [2.45, 2.75) is 44.0 Å². The van der Waals surface area contributed by atoms with Crippen LogP contribution in [0.5, 0.6) is 5.88 Å². The summed E-state index contributed by atoms with van der Waals surface area (Å²) < 4.78 is 80.7. The topological polar surface area (TPSA) is 136 Å². The number of alkyl halides is 3. The fourth-order valence-electron chi connectivity index (χ4n) is 5.86. The lowest BCUT2D eigenvalue weighted by atomic mass is 9.82.